The van der Waals surface area contributed by atoms with E-state index in [1.54, 1.807) is 12.3 Å². The Labute approximate surface area is 120 Å². The third kappa shape index (κ3) is 3.93. The van der Waals surface area contributed by atoms with Gasteiger partial charge in [-0.1, -0.05) is 6.92 Å². The topological polar surface area (TPSA) is 63.2 Å². The number of carbonyl (C=O) groups is 1. The summed E-state index contributed by atoms with van der Waals surface area (Å²) < 4.78 is 5.58. The van der Waals surface area contributed by atoms with E-state index >= 15 is 0 Å². The number of carbonyl (C=O) groups excluding carboxylic acids is 1. The van der Waals surface area contributed by atoms with E-state index in [4.69, 9.17) is 4.74 Å². The Morgan fingerprint density at radius 2 is 2.45 bits per heavy atom. The van der Waals surface area contributed by atoms with Gasteiger partial charge in [0, 0.05) is 25.0 Å². The number of hydrogen-bond acceptors (Lipinski definition) is 4. The highest BCUT2D eigenvalue weighted by molar-refractivity contribution is 5.93. The highest BCUT2D eigenvalue weighted by atomic mass is 16.5. The number of rotatable bonds is 6. The number of anilines is 1. The SMILES string of the molecule is CCCNc1ccnc(C(=O)NC(C)C2CCCO2)c1. The van der Waals surface area contributed by atoms with Gasteiger partial charge in [0.15, 0.2) is 0 Å². The molecule has 1 aliphatic rings. The van der Waals surface area contributed by atoms with Gasteiger partial charge in [0.1, 0.15) is 5.69 Å². The Bertz CT molecular complexity index is 444. The quantitative estimate of drug-likeness (QED) is 0.836. The molecule has 0 aromatic carbocycles. The minimum Gasteiger partial charge on any atom is -0.385 e. The zero-order chi connectivity index (χ0) is 14.4. The Morgan fingerprint density at radius 3 is 3.15 bits per heavy atom. The summed E-state index contributed by atoms with van der Waals surface area (Å²) in [7, 11) is 0. The van der Waals surface area contributed by atoms with Gasteiger partial charge in [0.25, 0.3) is 5.91 Å². The fourth-order valence-corrected chi connectivity index (χ4v) is 2.30. The van der Waals surface area contributed by atoms with Crippen LogP contribution in [0, 0.1) is 0 Å². The molecule has 20 heavy (non-hydrogen) atoms. The van der Waals surface area contributed by atoms with E-state index in [0.29, 0.717) is 5.69 Å². The lowest BCUT2D eigenvalue weighted by Gasteiger charge is -2.19. The molecule has 2 unspecified atom stereocenters. The van der Waals surface area contributed by atoms with Crippen LogP contribution in [-0.2, 0) is 4.74 Å². The smallest absolute Gasteiger partial charge is 0.270 e. The molecule has 0 saturated carbocycles. The molecule has 1 saturated heterocycles. The second-order valence-electron chi connectivity index (χ2n) is 5.17. The molecule has 0 bridgehead atoms. The number of hydrogen-bond donors (Lipinski definition) is 2. The molecule has 1 amide bonds. The molecule has 1 aromatic heterocycles. The van der Waals surface area contributed by atoms with Crippen molar-refractivity contribution in [2.24, 2.45) is 0 Å². The summed E-state index contributed by atoms with van der Waals surface area (Å²) in [5.41, 5.74) is 1.37. The van der Waals surface area contributed by atoms with Gasteiger partial charge in [-0.15, -0.1) is 0 Å². The van der Waals surface area contributed by atoms with E-state index in [0.717, 1.165) is 38.1 Å². The zero-order valence-corrected chi connectivity index (χ0v) is 12.2. The fraction of sp³-hybridized carbons (Fsp3) is 0.600. The van der Waals surface area contributed by atoms with Gasteiger partial charge in [0.2, 0.25) is 0 Å². The zero-order valence-electron chi connectivity index (χ0n) is 12.2. The van der Waals surface area contributed by atoms with Crippen LogP contribution in [0.3, 0.4) is 0 Å². The van der Waals surface area contributed by atoms with Gasteiger partial charge in [-0.05, 0) is 38.3 Å². The maximum Gasteiger partial charge on any atom is 0.270 e. The predicted molar refractivity (Wildman–Crippen MR) is 78.9 cm³/mol. The van der Waals surface area contributed by atoms with Crippen molar-refractivity contribution in [2.75, 3.05) is 18.5 Å². The molecule has 0 aliphatic carbocycles. The van der Waals surface area contributed by atoms with Gasteiger partial charge in [0.05, 0.1) is 12.1 Å². The first-order valence-electron chi connectivity index (χ1n) is 7.33. The van der Waals surface area contributed by atoms with E-state index < -0.39 is 0 Å². The highest BCUT2D eigenvalue weighted by Crippen LogP contribution is 2.16. The minimum absolute atomic E-state index is 0.0130. The van der Waals surface area contributed by atoms with E-state index in [1.165, 1.54) is 0 Å². The number of ether oxygens (including phenoxy) is 1. The summed E-state index contributed by atoms with van der Waals surface area (Å²) in [6.07, 6.45) is 4.90. The van der Waals surface area contributed by atoms with Crippen LogP contribution >= 0.6 is 0 Å². The van der Waals surface area contributed by atoms with Crippen LogP contribution in [0.2, 0.25) is 0 Å². The fourth-order valence-electron chi connectivity index (χ4n) is 2.30. The standard InChI is InChI=1S/C15H23N3O2/c1-3-7-16-12-6-8-17-13(10-12)15(19)18-11(2)14-5-4-9-20-14/h6,8,10-11,14H,3-5,7,9H2,1-2H3,(H,16,17)(H,18,19). The van der Waals surface area contributed by atoms with Crippen LogP contribution in [0.1, 0.15) is 43.6 Å². The second-order valence-corrected chi connectivity index (χ2v) is 5.17. The van der Waals surface area contributed by atoms with Crippen LogP contribution in [0.4, 0.5) is 5.69 Å². The van der Waals surface area contributed by atoms with Crippen molar-refractivity contribution in [3.05, 3.63) is 24.0 Å². The highest BCUT2D eigenvalue weighted by Gasteiger charge is 2.24. The van der Waals surface area contributed by atoms with Gasteiger partial charge in [-0.25, -0.2) is 0 Å². The predicted octanol–water partition coefficient (Wildman–Crippen LogP) is 2.20. The first kappa shape index (κ1) is 14.8. The Kier molecular flexibility index (Phi) is 5.35. The monoisotopic (exact) mass is 277 g/mol. The lowest BCUT2D eigenvalue weighted by molar-refractivity contribution is 0.0709. The molecule has 2 atom stereocenters. The molecular formula is C15H23N3O2. The Hall–Kier alpha value is -1.62. The van der Waals surface area contributed by atoms with E-state index in [-0.39, 0.29) is 18.1 Å². The summed E-state index contributed by atoms with van der Waals surface area (Å²) in [5, 5.41) is 6.22. The van der Waals surface area contributed by atoms with Gasteiger partial charge in [-0.2, -0.15) is 0 Å². The lowest BCUT2D eigenvalue weighted by atomic mass is 10.1. The molecule has 2 rings (SSSR count). The van der Waals surface area contributed by atoms with Crippen molar-refractivity contribution < 1.29 is 9.53 Å². The molecule has 1 aromatic rings. The minimum atomic E-state index is -0.145. The van der Waals surface area contributed by atoms with Gasteiger partial charge >= 0.3 is 0 Å². The number of pyridine rings is 1. The third-order valence-corrected chi connectivity index (χ3v) is 3.45. The first-order chi connectivity index (χ1) is 9.70. The molecule has 110 valence electrons. The van der Waals surface area contributed by atoms with Crippen LogP contribution < -0.4 is 10.6 Å². The van der Waals surface area contributed by atoms with Gasteiger partial charge < -0.3 is 15.4 Å². The lowest BCUT2D eigenvalue weighted by Crippen LogP contribution is -2.41. The summed E-state index contributed by atoms with van der Waals surface area (Å²) in [5.74, 6) is -0.145. The van der Waals surface area contributed by atoms with Crippen molar-refractivity contribution >= 4 is 11.6 Å². The molecule has 2 N–H and O–H groups in total. The Balaban J connectivity index is 1.94. The van der Waals surface area contributed by atoms with Crippen molar-refractivity contribution in [3.8, 4) is 0 Å². The molecule has 5 heteroatoms. The van der Waals surface area contributed by atoms with E-state index in [2.05, 4.69) is 22.5 Å². The maximum absolute atomic E-state index is 12.2. The van der Waals surface area contributed by atoms with E-state index in [9.17, 15) is 4.79 Å². The molecule has 5 nitrogen and oxygen atoms in total. The van der Waals surface area contributed by atoms with Gasteiger partial charge in [-0.3, -0.25) is 9.78 Å². The average Bonchev–Trinajstić information content (AvgIpc) is 2.99. The molecule has 0 spiro atoms. The van der Waals surface area contributed by atoms with Crippen molar-refractivity contribution in [1.29, 1.82) is 0 Å². The Morgan fingerprint density at radius 1 is 1.60 bits per heavy atom. The van der Waals surface area contributed by atoms with Crippen LogP contribution in [0.5, 0.6) is 0 Å². The maximum atomic E-state index is 12.2. The molecule has 2 heterocycles. The van der Waals surface area contributed by atoms with Crippen LogP contribution in [-0.4, -0.2) is 36.2 Å². The van der Waals surface area contributed by atoms with Crippen molar-refractivity contribution in [3.63, 3.8) is 0 Å². The molecule has 1 aliphatic heterocycles. The number of amides is 1. The van der Waals surface area contributed by atoms with Crippen LogP contribution in [0.15, 0.2) is 18.3 Å². The van der Waals surface area contributed by atoms with Crippen LogP contribution in [0.25, 0.3) is 0 Å². The normalized spacial score (nSPS) is 19.6. The first-order valence-corrected chi connectivity index (χ1v) is 7.33. The summed E-state index contributed by atoms with van der Waals surface area (Å²) >= 11 is 0. The largest absolute Gasteiger partial charge is 0.385 e. The number of aromatic nitrogens is 1. The number of nitrogens with zero attached hydrogens (tertiary/aromatic N) is 1. The summed E-state index contributed by atoms with van der Waals surface area (Å²) in [4.78, 5) is 16.3. The average molecular weight is 277 g/mol. The molecule has 0 radical (unpaired) electrons. The summed E-state index contributed by atoms with van der Waals surface area (Å²) in [6.45, 7) is 5.76. The second kappa shape index (κ2) is 7.24. The number of nitrogens with one attached hydrogen (secondary N) is 2. The molecular weight excluding hydrogens is 254 g/mol. The molecule has 1 fully saturated rings. The van der Waals surface area contributed by atoms with Crippen molar-refractivity contribution in [1.82, 2.24) is 10.3 Å². The third-order valence-electron chi connectivity index (χ3n) is 3.45. The summed E-state index contributed by atoms with van der Waals surface area (Å²) in [6, 6.07) is 3.67. The van der Waals surface area contributed by atoms with E-state index in [1.807, 2.05) is 13.0 Å². The van der Waals surface area contributed by atoms with Crippen molar-refractivity contribution in [2.45, 2.75) is 45.3 Å².